The molecule has 2 aromatic carbocycles. The summed E-state index contributed by atoms with van der Waals surface area (Å²) in [4.78, 5) is 37.1. The number of nitrogens with zero attached hydrogens (tertiary/aromatic N) is 1. The third kappa shape index (κ3) is 5.31. The number of halogens is 1. The van der Waals surface area contributed by atoms with E-state index >= 15 is 0 Å². The maximum Gasteiger partial charge on any atom is 0.324 e. The Kier molecular flexibility index (Phi) is 7.54. The molecule has 0 spiro atoms. The van der Waals surface area contributed by atoms with Crippen LogP contribution in [0, 0.1) is 0 Å². The summed E-state index contributed by atoms with van der Waals surface area (Å²) in [5, 5.41) is 8.62. The summed E-state index contributed by atoms with van der Waals surface area (Å²) in [7, 11) is 0. The van der Waals surface area contributed by atoms with Crippen LogP contribution in [0.1, 0.15) is 28.4 Å². The van der Waals surface area contributed by atoms with Gasteiger partial charge >= 0.3 is 6.03 Å². The summed E-state index contributed by atoms with van der Waals surface area (Å²) in [6, 6.07) is 14.2. The Morgan fingerprint density at radius 3 is 2.57 bits per heavy atom. The van der Waals surface area contributed by atoms with Crippen LogP contribution in [0.5, 0.6) is 0 Å². The van der Waals surface area contributed by atoms with Crippen LogP contribution in [0.25, 0.3) is 0 Å². The lowest BCUT2D eigenvalue weighted by atomic mass is 10.1. The van der Waals surface area contributed by atoms with Gasteiger partial charge in [-0.2, -0.15) is 0 Å². The molecule has 3 N–H and O–H groups in total. The predicted molar refractivity (Wildman–Crippen MR) is 109 cm³/mol. The summed E-state index contributed by atoms with van der Waals surface area (Å²) in [5.41, 5.74) is 2.99. The summed E-state index contributed by atoms with van der Waals surface area (Å²) >= 11 is 0. The first-order chi connectivity index (χ1) is 13.1. The number of carbonyl (C=O) groups is 3. The van der Waals surface area contributed by atoms with E-state index < -0.39 is 6.03 Å². The van der Waals surface area contributed by atoms with Crippen LogP contribution in [0.4, 0.5) is 10.5 Å². The molecule has 4 amide bonds. The van der Waals surface area contributed by atoms with Gasteiger partial charge < -0.3 is 16.0 Å². The molecule has 0 radical (unpaired) electrons. The van der Waals surface area contributed by atoms with E-state index in [0.29, 0.717) is 11.1 Å². The Morgan fingerprint density at radius 1 is 1.11 bits per heavy atom. The summed E-state index contributed by atoms with van der Waals surface area (Å²) < 4.78 is 0. The number of urea groups is 1. The van der Waals surface area contributed by atoms with Crippen LogP contribution in [0.15, 0.2) is 48.5 Å². The number of amides is 4. The van der Waals surface area contributed by atoms with Gasteiger partial charge in [0.05, 0.1) is 13.1 Å². The lowest BCUT2D eigenvalue weighted by molar-refractivity contribution is -0.125. The van der Waals surface area contributed by atoms with E-state index in [1.165, 1.54) is 0 Å². The van der Waals surface area contributed by atoms with Gasteiger partial charge in [-0.15, -0.1) is 12.4 Å². The number of imide groups is 1. The van der Waals surface area contributed by atoms with Crippen molar-refractivity contribution in [2.24, 2.45) is 0 Å². The van der Waals surface area contributed by atoms with E-state index in [2.05, 4.69) is 16.0 Å². The number of anilines is 1. The molecular weight excluding hydrogens is 380 g/mol. The Morgan fingerprint density at radius 2 is 1.86 bits per heavy atom. The lowest BCUT2D eigenvalue weighted by Crippen LogP contribution is -2.30. The number of rotatable bonds is 7. The normalized spacial score (nSPS) is 13.1. The number of carbonyl (C=O) groups excluding carboxylic acids is 3. The largest absolute Gasteiger partial charge is 0.329 e. The van der Waals surface area contributed by atoms with E-state index in [1.54, 1.807) is 24.3 Å². The van der Waals surface area contributed by atoms with Crippen LogP contribution in [0.3, 0.4) is 0 Å². The Hall–Kier alpha value is -2.90. The minimum atomic E-state index is -0.410. The average molecular weight is 403 g/mol. The van der Waals surface area contributed by atoms with Crippen molar-refractivity contribution in [1.29, 1.82) is 0 Å². The van der Waals surface area contributed by atoms with Crippen LogP contribution in [0.2, 0.25) is 0 Å². The Bertz CT molecular complexity index is 856. The van der Waals surface area contributed by atoms with Gasteiger partial charge in [-0.05, 0) is 41.9 Å². The Balaban J connectivity index is 0.00000280. The first-order valence-electron chi connectivity index (χ1n) is 8.85. The standard InChI is InChI=1S/C20H22N4O3.ClH/c1-2-21-11-14-5-4-8-17(10-14)23-19(26)16-7-3-6-15(9-16)13-24-18(25)12-22-20(24)27;/h3-10,21H,2,11-13H2,1H3,(H,22,27)(H,23,26);1H. The summed E-state index contributed by atoms with van der Waals surface area (Å²) in [5.74, 6) is -0.512. The number of benzene rings is 2. The fourth-order valence-electron chi connectivity index (χ4n) is 2.84. The van der Waals surface area contributed by atoms with Crippen molar-refractivity contribution in [2.75, 3.05) is 18.4 Å². The van der Waals surface area contributed by atoms with Gasteiger partial charge in [-0.25, -0.2) is 4.79 Å². The van der Waals surface area contributed by atoms with Crippen LogP contribution < -0.4 is 16.0 Å². The molecule has 0 bridgehead atoms. The molecule has 3 rings (SSSR count). The van der Waals surface area contributed by atoms with Gasteiger partial charge in [0.2, 0.25) is 5.91 Å². The number of hydrogen-bond acceptors (Lipinski definition) is 4. The monoisotopic (exact) mass is 402 g/mol. The summed E-state index contributed by atoms with van der Waals surface area (Å²) in [6.07, 6.45) is 0. The van der Waals surface area contributed by atoms with Crippen molar-refractivity contribution in [1.82, 2.24) is 15.5 Å². The molecule has 2 aromatic rings. The molecule has 0 aromatic heterocycles. The second-order valence-electron chi connectivity index (χ2n) is 6.27. The molecule has 0 aliphatic carbocycles. The molecule has 1 aliphatic heterocycles. The first-order valence-corrected chi connectivity index (χ1v) is 8.85. The van der Waals surface area contributed by atoms with E-state index in [-0.39, 0.29) is 37.3 Å². The molecular formula is C20H23ClN4O3. The highest BCUT2D eigenvalue weighted by Gasteiger charge is 2.28. The van der Waals surface area contributed by atoms with Crippen molar-refractivity contribution < 1.29 is 14.4 Å². The zero-order chi connectivity index (χ0) is 19.2. The van der Waals surface area contributed by atoms with Gasteiger partial charge in [0.25, 0.3) is 5.91 Å². The first kappa shape index (κ1) is 21.4. The van der Waals surface area contributed by atoms with E-state index in [1.807, 2.05) is 31.2 Å². The van der Waals surface area contributed by atoms with E-state index in [0.717, 1.165) is 29.2 Å². The second kappa shape index (κ2) is 9.87. The maximum atomic E-state index is 12.6. The third-order valence-corrected chi connectivity index (χ3v) is 4.23. The minimum Gasteiger partial charge on any atom is -0.329 e. The maximum absolute atomic E-state index is 12.6. The second-order valence-corrected chi connectivity index (χ2v) is 6.27. The van der Waals surface area contributed by atoms with E-state index in [4.69, 9.17) is 0 Å². The van der Waals surface area contributed by atoms with Crippen molar-refractivity contribution in [2.45, 2.75) is 20.0 Å². The average Bonchev–Trinajstić information content (AvgIpc) is 2.99. The molecule has 148 valence electrons. The zero-order valence-electron chi connectivity index (χ0n) is 15.5. The van der Waals surface area contributed by atoms with Crippen LogP contribution >= 0.6 is 12.4 Å². The smallest absolute Gasteiger partial charge is 0.324 e. The fraction of sp³-hybridized carbons (Fsp3) is 0.250. The number of nitrogens with one attached hydrogen (secondary N) is 3. The van der Waals surface area contributed by atoms with E-state index in [9.17, 15) is 14.4 Å². The lowest BCUT2D eigenvalue weighted by Gasteiger charge is -2.13. The highest BCUT2D eigenvalue weighted by Crippen LogP contribution is 2.15. The van der Waals surface area contributed by atoms with Gasteiger partial charge in [0.1, 0.15) is 0 Å². The van der Waals surface area contributed by atoms with Crippen molar-refractivity contribution in [3.05, 3.63) is 65.2 Å². The highest BCUT2D eigenvalue weighted by atomic mass is 35.5. The predicted octanol–water partition coefficient (Wildman–Crippen LogP) is 2.52. The Labute approximate surface area is 169 Å². The van der Waals surface area contributed by atoms with Crippen molar-refractivity contribution in [3.8, 4) is 0 Å². The molecule has 28 heavy (non-hydrogen) atoms. The highest BCUT2D eigenvalue weighted by molar-refractivity contribution is 6.04. The third-order valence-electron chi connectivity index (χ3n) is 4.23. The molecule has 0 atom stereocenters. The fourth-order valence-corrected chi connectivity index (χ4v) is 2.84. The molecule has 1 aliphatic rings. The minimum absolute atomic E-state index is 0. The van der Waals surface area contributed by atoms with Crippen molar-refractivity contribution >= 4 is 35.9 Å². The van der Waals surface area contributed by atoms with Gasteiger partial charge in [0.15, 0.2) is 0 Å². The SMILES string of the molecule is CCNCc1cccc(NC(=O)c2cccc(CN3C(=O)CNC3=O)c2)c1.Cl. The molecule has 0 unspecified atom stereocenters. The number of hydrogen-bond donors (Lipinski definition) is 3. The molecule has 1 fully saturated rings. The molecule has 1 saturated heterocycles. The van der Waals surface area contributed by atoms with Crippen LogP contribution in [-0.4, -0.2) is 35.8 Å². The van der Waals surface area contributed by atoms with Gasteiger partial charge in [-0.3, -0.25) is 14.5 Å². The molecule has 0 saturated carbocycles. The zero-order valence-corrected chi connectivity index (χ0v) is 16.3. The van der Waals surface area contributed by atoms with Gasteiger partial charge in [-0.1, -0.05) is 31.2 Å². The molecule has 7 nitrogen and oxygen atoms in total. The molecule has 1 heterocycles. The quantitative estimate of drug-likeness (QED) is 0.621. The van der Waals surface area contributed by atoms with Crippen molar-refractivity contribution in [3.63, 3.8) is 0 Å². The van der Waals surface area contributed by atoms with Crippen LogP contribution in [-0.2, 0) is 17.9 Å². The van der Waals surface area contributed by atoms with Gasteiger partial charge in [0, 0.05) is 17.8 Å². The topological polar surface area (TPSA) is 90.5 Å². The molecule has 8 heteroatoms. The summed E-state index contributed by atoms with van der Waals surface area (Å²) in [6.45, 7) is 3.81.